The highest BCUT2D eigenvalue weighted by Crippen LogP contribution is 2.52. The van der Waals surface area contributed by atoms with Gasteiger partial charge in [0.05, 0.1) is 5.69 Å². The molecule has 0 saturated carbocycles. The maximum absolute atomic E-state index is 4.73. The van der Waals surface area contributed by atoms with E-state index in [1.807, 2.05) is 6.20 Å². The van der Waals surface area contributed by atoms with Gasteiger partial charge in [0, 0.05) is 17.2 Å². The molecule has 150 valence electrons. The average molecular weight is 392 g/mol. The van der Waals surface area contributed by atoms with Crippen LogP contribution in [0.25, 0.3) is 33.2 Å². The summed E-state index contributed by atoms with van der Waals surface area (Å²) in [6.45, 7) is 11.6. The lowest BCUT2D eigenvalue weighted by atomic mass is 9.80. The molecule has 0 fully saturated rings. The van der Waals surface area contributed by atoms with E-state index in [1.54, 1.807) is 0 Å². The summed E-state index contributed by atoms with van der Waals surface area (Å²) < 4.78 is 0. The number of hydrogen-bond acceptors (Lipinski definition) is 1. The molecule has 0 unspecified atom stereocenters. The predicted molar refractivity (Wildman–Crippen MR) is 128 cm³/mol. The number of rotatable bonds is 3. The molecule has 30 heavy (non-hydrogen) atoms. The zero-order chi connectivity index (χ0) is 21.1. The van der Waals surface area contributed by atoms with Crippen molar-refractivity contribution >= 4 is 10.8 Å². The molecule has 1 aliphatic rings. The molecule has 0 saturated heterocycles. The fraction of sp³-hybridized carbons (Fsp3) is 0.276. The lowest BCUT2D eigenvalue weighted by Crippen LogP contribution is -2.16. The minimum Gasteiger partial charge on any atom is -0.256 e. The molecule has 3 aromatic carbocycles. The molecule has 0 aliphatic heterocycles. The van der Waals surface area contributed by atoms with Crippen LogP contribution in [0.1, 0.15) is 57.7 Å². The topological polar surface area (TPSA) is 12.9 Å². The summed E-state index contributed by atoms with van der Waals surface area (Å²) in [6, 6.07) is 24.7. The van der Waals surface area contributed by atoms with Crippen LogP contribution < -0.4 is 0 Å². The van der Waals surface area contributed by atoms with Gasteiger partial charge in [0.15, 0.2) is 0 Å². The molecule has 0 atom stereocenters. The number of hydrogen-bond donors (Lipinski definition) is 0. The molecule has 0 bridgehead atoms. The SMILES string of the molecule is CCC(C)(C)c1ccnc(-c2ccc3c(c2)-c2ccc4ccccc4c2C3(C)C)c1. The Morgan fingerprint density at radius 2 is 1.67 bits per heavy atom. The molecule has 4 aromatic rings. The summed E-state index contributed by atoms with van der Waals surface area (Å²) >= 11 is 0. The van der Waals surface area contributed by atoms with Crippen molar-refractivity contribution in [1.29, 1.82) is 0 Å². The Morgan fingerprint density at radius 3 is 2.47 bits per heavy atom. The molecule has 0 spiro atoms. The maximum Gasteiger partial charge on any atom is 0.0705 e. The van der Waals surface area contributed by atoms with Crippen molar-refractivity contribution in [1.82, 2.24) is 4.98 Å². The standard InChI is InChI=1S/C29H29N/c1-6-28(2,3)21-15-16-30-26(18-21)20-12-14-25-24(17-20)23-13-11-19-9-7-8-10-22(19)27(23)29(25,4)5/h7-18H,6H2,1-5H3. The van der Waals surface area contributed by atoms with Crippen LogP contribution in [0.4, 0.5) is 0 Å². The zero-order valence-corrected chi connectivity index (χ0v) is 18.6. The summed E-state index contributed by atoms with van der Waals surface area (Å²) in [6.07, 6.45) is 3.07. The Morgan fingerprint density at radius 1 is 0.867 bits per heavy atom. The van der Waals surface area contributed by atoms with Gasteiger partial charge in [0.1, 0.15) is 0 Å². The number of fused-ring (bicyclic) bond motifs is 5. The van der Waals surface area contributed by atoms with Gasteiger partial charge in [0.2, 0.25) is 0 Å². The van der Waals surface area contributed by atoms with Crippen molar-refractivity contribution in [3.8, 4) is 22.4 Å². The summed E-state index contributed by atoms with van der Waals surface area (Å²) in [5.74, 6) is 0. The fourth-order valence-electron chi connectivity index (χ4n) is 4.99. The second-order valence-corrected chi connectivity index (χ2v) is 9.76. The highest BCUT2D eigenvalue weighted by atomic mass is 14.7. The monoisotopic (exact) mass is 391 g/mol. The van der Waals surface area contributed by atoms with E-state index in [9.17, 15) is 0 Å². The molecule has 1 nitrogen and oxygen atoms in total. The van der Waals surface area contributed by atoms with Crippen LogP contribution in [0.15, 0.2) is 72.9 Å². The molecule has 1 aromatic heterocycles. The van der Waals surface area contributed by atoms with E-state index in [0.29, 0.717) is 0 Å². The van der Waals surface area contributed by atoms with Crippen LogP contribution >= 0.6 is 0 Å². The molecule has 1 aliphatic carbocycles. The van der Waals surface area contributed by atoms with Gasteiger partial charge in [-0.25, -0.2) is 0 Å². The van der Waals surface area contributed by atoms with E-state index in [4.69, 9.17) is 4.98 Å². The number of pyridine rings is 1. The molecule has 1 heteroatoms. The van der Waals surface area contributed by atoms with Crippen molar-refractivity contribution in [3.63, 3.8) is 0 Å². The predicted octanol–water partition coefficient (Wildman–Crippen LogP) is 7.90. The minimum absolute atomic E-state index is 0.0104. The third kappa shape index (κ3) is 2.72. The first-order chi connectivity index (χ1) is 14.3. The first-order valence-electron chi connectivity index (χ1n) is 11.0. The summed E-state index contributed by atoms with van der Waals surface area (Å²) in [4.78, 5) is 4.73. The smallest absolute Gasteiger partial charge is 0.0705 e. The van der Waals surface area contributed by atoms with Crippen LogP contribution in [0.2, 0.25) is 0 Å². The Balaban J connectivity index is 1.70. The third-order valence-corrected chi connectivity index (χ3v) is 7.26. The first kappa shape index (κ1) is 19.1. The molecule has 1 heterocycles. The third-order valence-electron chi connectivity index (χ3n) is 7.26. The van der Waals surface area contributed by atoms with Crippen molar-refractivity contribution in [3.05, 3.63) is 89.6 Å². The highest BCUT2D eigenvalue weighted by molar-refractivity contribution is 5.98. The number of nitrogens with zero attached hydrogens (tertiary/aromatic N) is 1. The second kappa shape index (κ2) is 6.54. The van der Waals surface area contributed by atoms with Crippen LogP contribution in [-0.2, 0) is 10.8 Å². The Labute approximate surface area is 179 Å². The van der Waals surface area contributed by atoms with Crippen LogP contribution in [-0.4, -0.2) is 4.98 Å². The van der Waals surface area contributed by atoms with Crippen LogP contribution in [0.3, 0.4) is 0 Å². The molecule has 0 radical (unpaired) electrons. The zero-order valence-electron chi connectivity index (χ0n) is 18.6. The maximum atomic E-state index is 4.73. The molecular formula is C29H29N. The first-order valence-corrected chi connectivity index (χ1v) is 11.0. The van der Waals surface area contributed by atoms with Crippen molar-refractivity contribution in [2.75, 3.05) is 0 Å². The van der Waals surface area contributed by atoms with Gasteiger partial charge in [-0.1, -0.05) is 83.1 Å². The lowest BCUT2D eigenvalue weighted by molar-refractivity contribution is 0.506. The van der Waals surface area contributed by atoms with E-state index < -0.39 is 0 Å². The van der Waals surface area contributed by atoms with Crippen LogP contribution in [0, 0.1) is 0 Å². The summed E-state index contributed by atoms with van der Waals surface area (Å²) in [5, 5.41) is 2.68. The average Bonchev–Trinajstić information content (AvgIpc) is 3.00. The lowest BCUT2D eigenvalue weighted by Gasteiger charge is -2.24. The van der Waals surface area contributed by atoms with E-state index in [2.05, 4.69) is 101 Å². The molecule has 0 N–H and O–H groups in total. The van der Waals surface area contributed by atoms with Crippen molar-refractivity contribution in [2.24, 2.45) is 0 Å². The van der Waals surface area contributed by atoms with Gasteiger partial charge in [-0.3, -0.25) is 4.98 Å². The van der Waals surface area contributed by atoms with E-state index >= 15 is 0 Å². The van der Waals surface area contributed by atoms with Crippen molar-refractivity contribution < 1.29 is 0 Å². The van der Waals surface area contributed by atoms with Gasteiger partial charge >= 0.3 is 0 Å². The number of aromatic nitrogens is 1. The summed E-state index contributed by atoms with van der Waals surface area (Å²) in [7, 11) is 0. The quantitative estimate of drug-likeness (QED) is 0.346. The normalized spacial score (nSPS) is 14.6. The van der Waals surface area contributed by atoms with E-state index in [0.717, 1.165) is 12.1 Å². The molecule has 5 rings (SSSR count). The number of benzene rings is 3. The Hall–Kier alpha value is -2.93. The van der Waals surface area contributed by atoms with Gasteiger partial charge in [-0.2, -0.15) is 0 Å². The molecule has 0 amide bonds. The van der Waals surface area contributed by atoms with E-state index in [1.165, 1.54) is 44.2 Å². The summed E-state index contributed by atoms with van der Waals surface area (Å²) in [5.41, 5.74) is 9.31. The Kier molecular flexibility index (Phi) is 4.15. The van der Waals surface area contributed by atoms with E-state index in [-0.39, 0.29) is 10.8 Å². The van der Waals surface area contributed by atoms with Gasteiger partial charge < -0.3 is 0 Å². The van der Waals surface area contributed by atoms with Gasteiger partial charge in [0.25, 0.3) is 0 Å². The molecular weight excluding hydrogens is 362 g/mol. The Bertz CT molecular complexity index is 1280. The largest absolute Gasteiger partial charge is 0.256 e. The van der Waals surface area contributed by atoms with Gasteiger partial charge in [-0.05, 0) is 68.6 Å². The van der Waals surface area contributed by atoms with Crippen LogP contribution in [0.5, 0.6) is 0 Å². The minimum atomic E-state index is -0.0104. The second-order valence-electron chi connectivity index (χ2n) is 9.76. The fourth-order valence-corrected chi connectivity index (χ4v) is 4.99. The highest BCUT2D eigenvalue weighted by Gasteiger charge is 2.36. The van der Waals surface area contributed by atoms with Crippen molar-refractivity contribution in [2.45, 2.75) is 51.9 Å². The van der Waals surface area contributed by atoms with Gasteiger partial charge in [-0.15, -0.1) is 0 Å².